The highest BCUT2D eigenvalue weighted by Gasteiger charge is 2.27. The van der Waals surface area contributed by atoms with Gasteiger partial charge in [-0.2, -0.15) is 0 Å². The van der Waals surface area contributed by atoms with Gasteiger partial charge in [0.05, 0.1) is 19.8 Å². The van der Waals surface area contributed by atoms with Crippen molar-refractivity contribution in [3.05, 3.63) is 72.9 Å². The van der Waals surface area contributed by atoms with E-state index in [0.717, 1.165) is 70.6 Å². The number of aliphatic hydroxyl groups excluding tert-OH is 2. The van der Waals surface area contributed by atoms with Crippen molar-refractivity contribution >= 4 is 19.8 Å². The highest BCUT2D eigenvalue weighted by atomic mass is 31.2. The second-order valence-corrected chi connectivity index (χ2v) is 13.8. The maximum absolute atomic E-state index is 12.5. The topological polar surface area (TPSA) is 149 Å². The number of phosphoric ester groups is 1. The normalized spacial score (nSPS) is 14.8. The van der Waals surface area contributed by atoms with Gasteiger partial charge in [-0.15, -0.1) is 0 Å². The Kier molecular flexibility index (Phi) is 34.0. The van der Waals surface area contributed by atoms with Crippen LogP contribution in [0.3, 0.4) is 0 Å². The molecule has 0 radical (unpaired) electrons. The zero-order chi connectivity index (χ0) is 37.7. The Labute approximate surface area is 308 Å². The summed E-state index contributed by atoms with van der Waals surface area (Å²) in [6.07, 6.45) is 38.7. The molecule has 0 fully saturated rings. The summed E-state index contributed by atoms with van der Waals surface area (Å²) in [5.41, 5.74) is 0. The number of unbranched alkanes of at least 4 members (excludes halogenated alkanes) is 12. The standard InChI is InChI=1S/C40H67O10P/c1-3-5-7-9-11-13-15-17-18-20-21-23-25-27-29-31-39(43)47-35-38(36-49-51(45,46)48-34-37(42)33-41)50-40(44)32-30-28-26-24-22-19-16-14-12-10-8-6-4-2/h6,8,10-17,19,22,37-38,41-42H,3-5,7,9,18,20-21,23-36H2,1-2H3,(H,45,46)/b8-6+,12-10+,13-11+,16-14+,17-15+,22-19+/t37-,38?/m0/s1. The Morgan fingerprint density at radius 2 is 1.08 bits per heavy atom. The molecule has 0 saturated heterocycles. The molecule has 0 heterocycles. The summed E-state index contributed by atoms with van der Waals surface area (Å²) in [6.45, 7) is 2.11. The molecule has 0 bridgehead atoms. The zero-order valence-corrected chi connectivity index (χ0v) is 32.2. The Balaban J connectivity index is 4.47. The molecule has 51 heavy (non-hydrogen) atoms. The Morgan fingerprint density at radius 3 is 1.67 bits per heavy atom. The van der Waals surface area contributed by atoms with Gasteiger partial charge >= 0.3 is 19.8 Å². The largest absolute Gasteiger partial charge is 0.472 e. The van der Waals surface area contributed by atoms with Crippen molar-refractivity contribution in [2.75, 3.05) is 26.4 Å². The average Bonchev–Trinajstić information content (AvgIpc) is 3.12. The van der Waals surface area contributed by atoms with E-state index in [1.807, 2.05) is 36.5 Å². The minimum Gasteiger partial charge on any atom is -0.462 e. The molecule has 2 unspecified atom stereocenters. The van der Waals surface area contributed by atoms with Crippen molar-refractivity contribution < 1.29 is 47.8 Å². The molecule has 292 valence electrons. The molecule has 0 aliphatic rings. The maximum Gasteiger partial charge on any atom is 0.472 e. The van der Waals surface area contributed by atoms with Gasteiger partial charge in [-0.1, -0.05) is 132 Å². The Bertz CT molecular complexity index is 1080. The number of allylic oxidation sites excluding steroid dienone is 12. The number of carbonyl (C=O) groups excluding carboxylic acids is 2. The third-order valence-electron chi connectivity index (χ3n) is 7.47. The molecule has 0 aliphatic heterocycles. The lowest BCUT2D eigenvalue weighted by Gasteiger charge is -2.20. The van der Waals surface area contributed by atoms with Crippen LogP contribution >= 0.6 is 7.82 Å². The molecule has 0 rings (SSSR count). The van der Waals surface area contributed by atoms with Gasteiger partial charge in [0.1, 0.15) is 12.7 Å². The fourth-order valence-electron chi connectivity index (χ4n) is 4.52. The summed E-state index contributed by atoms with van der Waals surface area (Å²) in [7, 11) is -4.63. The number of phosphoric acid groups is 1. The van der Waals surface area contributed by atoms with Crippen molar-refractivity contribution in [2.24, 2.45) is 0 Å². The van der Waals surface area contributed by atoms with Crippen LogP contribution < -0.4 is 0 Å². The second kappa shape index (κ2) is 35.8. The quantitative estimate of drug-likeness (QED) is 0.0252. The molecule has 0 aromatic rings. The van der Waals surface area contributed by atoms with Gasteiger partial charge in [0.2, 0.25) is 0 Å². The smallest absolute Gasteiger partial charge is 0.462 e. The first-order valence-electron chi connectivity index (χ1n) is 19.0. The van der Waals surface area contributed by atoms with Crippen LogP contribution in [0.15, 0.2) is 72.9 Å². The molecule has 0 aliphatic carbocycles. The van der Waals surface area contributed by atoms with Crippen LogP contribution in [0.5, 0.6) is 0 Å². The van der Waals surface area contributed by atoms with Gasteiger partial charge in [-0.25, -0.2) is 4.57 Å². The summed E-state index contributed by atoms with van der Waals surface area (Å²) in [6, 6.07) is 0. The summed E-state index contributed by atoms with van der Waals surface area (Å²) >= 11 is 0. The van der Waals surface area contributed by atoms with Crippen molar-refractivity contribution in [3.8, 4) is 0 Å². The number of carbonyl (C=O) groups is 2. The predicted molar refractivity (Wildman–Crippen MR) is 205 cm³/mol. The number of aliphatic hydroxyl groups is 2. The zero-order valence-electron chi connectivity index (χ0n) is 31.3. The molecule has 0 aromatic heterocycles. The predicted octanol–water partition coefficient (Wildman–Crippen LogP) is 9.33. The molecular weight excluding hydrogens is 671 g/mol. The first-order chi connectivity index (χ1) is 24.7. The van der Waals surface area contributed by atoms with E-state index >= 15 is 0 Å². The van der Waals surface area contributed by atoms with Crippen LogP contribution in [0.1, 0.15) is 129 Å². The van der Waals surface area contributed by atoms with E-state index in [2.05, 4.69) is 54.8 Å². The number of ether oxygens (including phenoxy) is 2. The minimum absolute atomic E-state index is 0.132. The molecule has 10 nitrogen and oxygen atoms in total. The summed E-state index contributed by atoms with van der Waals surface area (Å²) < 4.78 is 32.5. The molecule has 3 atom stereocenters. The van der Waals surface area contributed by atoms with Crippen LogP contribution in [0.2, 0.25) is 0 Å². The van der Waals surface area contributed by atoms with Crippen LogP contribution in [0.25, 0.3) is 0 Å². The number of hydrogen-bond donors (Lipinski definition) is 3. The Hall–Kier alpha value is -2.59. The van der Waals surface area contributed by atoms with Crippen molar-refractivity contribution in [1.29, 1.82) is 0 Å². The van der Waals surface area contributed by atoms with E-state index in [1.165, 1.54) is 19.3 Å². The lowest BCUT2D eigenvalue weighted by atomic mass is 10.1. The fraction of sp³-hybridized carbons (Fsp3) is 0.650. The molecule has 0 spiro atoms. The van der Waals surface area contributed by atoms with E-state index in [0.29, 0.717) is 12.8 Å². The monoisotopic (exact) mass is 738 g/mol. The van der Waals surface area contributed by atoms with Gasteiger partial charge in [0.15, 0.2) is 6.10 Å². The SMILES string of the molecule is CC/C=C/C=C/C=C/C=C/CCCCCC(=O)OC(COC(=O)CCCCCCCC/C=C/C=C/CCCCC)COP(=O)(O)OC[C@@H](O)CO. The third kappa shape index (κ3) is 35.6. The molecule has 11 heteroatoms. The summed E-state index contributed by atoms with van der Waals surface area (Å²) in [5, 5.41) is 18.3. The van der Waals surface area contributed by atoms with Gasteiger partial charge in [0, 0.05) is 12.8 Å². The number of esters is 2. The lowest BCUT2D eigenvalue weighted by molar-refractivity contribution is -0.161. The summed E-state index contributed by atoms with van der Waals surface area (Å²) in [4.78, 5) is 34.8. The van der Waals surface area contributed by atoms with E-state index in [9.17, 15) is 24.2 Å². The van der Waals surface area contributed by atoms with Crippen LogP contribution in [-0.2, 0) is 32.7 Å². The van der Waals surface area contributed by atoms with Crippen molar-refractivity contribution in [1.82, 2.24) is 0 Å². The minimum atomic E-state index is -4.63. The second-order valence-electron chi connectivity index (χ2n) is 12.3. The van der Waals surface area contributed by atoms with Gasteiger partial charge in [0.25, 0.3) is 0 Å². The maximum atomic E-state index is 12.5. The van der Waals surface area contributed by atoms with E-state index in [-0.39, 0.29) is 19.4 Å². The average molecular weight is 739 g/mol. The number of rotatable bonds is 34. The van der Waals surface area contributed by atoms with Crippen molar-refractivity contribution in [2.45, 2.75) is 142 Å². The molecule has 0 saturated carbocycles. The van der Waals surface area contributed by atoms with Crippen LogP contribution in [0, 0.1) is 0 Å². The summed E-state index contributed by atoms with van der Waals surface area (Å²) in [5.74, 6) is -0.994. The fourth-order valence-corrected chi connectivity index (χ4v) is 5.31. The molecular formula is C40H67O10P. The van der Waals surface area contributed by atoms with Crippen molar-refractivity contribution in [3.63, 3.8) is 0 Å². The van der Waals surface area contributed by atoms with Gasteiger partial charge in [-0.05, 0) is 57.8 Å². The first-order valence-corrected chi connectivity index (χ1v) is 20.5. The van der Waals surface area contributed by atoms with Crippen LogP contribution in [-0.4, -0.2) is 65.7 Å². The van der Waals surface area contributed by atoms with Gasteiger partial charge in [-0.3, -0.25) is 18.6 Å². The van der Waals surface area contributed by atoms with Gasteiger partial charge < -0.3 is 24.6 Å². The molecule has 0 amide bonds. The van der Waals surface area contributed by atoms with E-state index in [1.54, 1.807) is 0 Å². The Morgan fingerprint density at radius 1 is 0.608 bits per heavy atom. The lowest BCUT2D eigenvalue weighted by Crippen LogP contribution is -2.29. The molecule has 3 N–H and O–H groups in total. The van der Waals surface area contributed by atoms with E-state index in [4.69, 9.17) is 19.1 Å². The third-order valence-corrected chi connectivity index (χ3v) is 8.42. The first kappa shape index (κ1) is 48.4. The number of hydrogen-bond acceptors (Lipinski definition) is 9. The van der Waals surface area contributed by atoms with E-state index < -0.39 is 51.8 Å². The van der Waals surface area contributed by atoms with Crippen LogP contribution in [0.4, 0.5) is 0 Å². The highest BCUT2D eigenvalue weighted by Crippen LogP contribution is 2.43. The molecule has 0 aromatic carbocycles. The highest BCUT2D eigenvalue weighted by molar-refractivity contribution is 7.47.